The first-order valence-electron chi connectivity index (χ1n) is 6.08. The first-order valence-corrected chi connectivity index (χ1v) is 6.08. The largest absolute Gasteiger partial charge is 0.493 e. The highest BCUT2D eigenvalue weighted by molar-refractivity contribution is 5.72. The standard InChI is InChI=1S/C14H20O4/c1-4-17-13(14(15)16)5-6-18-12-8-10(2)7-11(3)9-12/h7-9,13H,4-6H2,1-3H3,(H,15,16). The Morgan fingerprint density at radius 1 is 1.28 bits per heavy atom. The van der Waals surface area contributed by atoms with Crippen LogP contribution in [0.5, 0.6) is 5.75 Å². The Hall–Kier alpha value is -1.55. The maximum atomic E-state index is 10.9. The predicted molar refractivity (Wildman–Crippen MR) is 69.1 cm³/mol. The number of hydrogen-bond donors (Lipinski definition) is 1. The van der Waals surface area contributed by atoms with Gasteiger partial charge in [-0.2, -0.15) is 0 Å². The second-order valence-corrected chi connectivity index (χ2v) is 4.24. The van der Waals surface area contributed by atoms with Gasteiger partial charge >= 0.3 is 5.97 Å². The lowest BCUT2D eigenvalue weighted by Crippen LogP contribution is -2.26. The molecule has 0 fully saturated rings. The molecule has 0 radical (unpaired) electrons. The van der Waals surface area contributed by atoms with E-state index in [9.17, 15) is 4.79 Å². The first kappa shape index (κ1) is 14.5. The van der Waals surface area contributed by atoms with Gasteiger partial charge in [0.1, 0.15) is 5.75 Å². The first-order chi connectivity index (χ1) is 8.52. The third-order valence-corrected chi connectivity index (χ3v) is 2.49. The number of aryl methyl sites for hydroxylation is 2. The molecule has 0 aliphatic carbocycles. The molecule has 1 aromatic carbocycles. The van der Waals surface area contributed by atoms with Gasteiger partial charge in [0.05, 0.1) is 6.61 Å². The molecule has 0 aliphatic heterocycles. The van der Waals surface area contributed by atoms with E-state index < -0.39 is 12.1 Å². The average Bonchev–Trinajstić information content (AvgIpc) is 2.26. The maximum absolute atomic E-state index is 10.9. The molecule has 1 unspecified atom stereocenters. The molecule has 0 saturated carbocycles. The SMILES string of the molecule is CCOC(CCOc1cc(C)cc(C)c1)C(=O)O. The van der Waals surface area contributed by atoms with E-state index in [0.29, 0.717) is 19.6 Å². The van der Waals surface area contributed by atoms with Crippen molar-refractivity contribution in [3.05, 3.63) is 29.3 Å². The molecule has 1 N–H and O–H groups in total. The molecule has 0 heterocycles. The maximum Gasteiger partial charge on any atom is 0.332 e. The average molecular weight is 252 g/mol. The van der Waals surface area contributed by atoms with Crippen molar-refractivity contribution in [2.24, 2.45) is 0 Å². The van der Waals surface area contributed by atoms with Crippen molar-refractivity contribution in [3.63, 3.8) is 0 Å². The highest BCUT2D eigenvalue weighted by Crippen LogP contribution is 2.16. The van der Waals surface area contributed by atoms with Crippen LogP contribution in [0.2, 0.25) is 0 Å². The number of carboxylic acids is 1. The highest BCUT2D eigenvalue weighted by atomic mass is 16.5. The molecule has 1 aromatic rings. The lowest BCUT2D eigenvalue weighted by molar-refractivity contribution is -0.150. The summed E-state index contributed by atoms with van der Waals surface area (Å²) in [5.74, 6) is -0.172. The van der Waals surface area contributed by atoms with Crippen LogP contribution in [0, 0.1) is 13.8 Å². The fourth-order valence-corrected chi connectivity index (χ4v) is 1.78. The molecule has 1 rings (SSSR count). The van der Waals surface area contributed by atoms with Gasteiger partial charge in [0.15, 0.2) is 6.10 Å². The van der Waals surface area contributed by atoms with Gasteiger partial charge in [0.25, 0.3) is 0 Å². The van der Waals surface area contributed by atoms with Gasteiger partial charge in [-0.3, -0.25) is 0 Å². The summed E-state index contributed by atoms with van der Waals surface area (Å²) in [6, 6.07) is 5.93. The van der Waals surface area contributed by atoms with E-state index in [1.807, 2.05) is 26.0 Å². The third kappa shape index (κ3) is 4.75. The summed E-state index contributed by atoms with van der Waals surface area (Å²) < 4.78 is 10.7. The zero-order valence-corrected chi connectivity index (χ0v) is 11.1. The summed E-state index contributed by atoms with van der Waals surface area (Å²) >= 11 is 0. The fourth-order valence-electron chi connectivity index (χ4n) is 1.78. The summed E-state index contributed by atoms with van der Waals surface area (Å²) in [6.07, 6.45) is -0.447. The van der Waals surface area contributed by atoms with Crippen LogP contribution in [0.15, 0.2) is 18.2 Å². The monoisotopic (exact) mass is 252 g/mol. The van der Waals surface area contributed by atoms with Gasteiger partial charge in [-0.1, -0.05) is 6.07 Å². The number of rotatable bonds is 7. The molecule has 1 atom stereocenters. The van der Waals surface area contributed by atoms with Crippen LogP contribution in [0.3, 0.4) is 0 Å². The molecule has 0 spiro atoms. The molecule has 4 nitrogen and oxygen atoms in total. The van der Waals surface area contributed by atoms with Gasteiger partial charge in [-0.25, -0.2) is 4.79 Å². The molecule has 18 heavy (non-hydrogen) atoms. The van der Waals surface area contributed by atoms with Crippen LogP contribution < -0.4 is 4.74 Å². The Morgan fingerprint density at radius 2 is 1.89 bits per heavy atom. The summed E-state index contributed by atoms with van der Waals surface area (Å²) in [7, 11) is 0. The van der Waals surface area contributed by atoms with E-state index in [1.165, 1.54) is 0 Å². The van der Waals surface area contributed by atoms with Crippen LogP contribution in [0.4, 0.5) is 0 Å². The van der Waals surface area contributed by atoms with Gasteiger partial charge < -0.3 is 14.6 Å². The van der Waals surface area contributed by atoms with Crippen molar-refractivity contribution >= 4 is 5.97 Å². The van der Waals surface area contributed by atoms with Crippen LogP contribution in [0.1, 0.15) is 24.5 Å². The summed E-state index contributed by atoms with van der Waals surface area (Å²) in [6.45, 7) is 6.50. The highest BCUT2D eigenvalue weighted by Gasteiger charge is 2.17. The molecule has 0 aliphatic rings. The molecule has 0 bridgehead atoms. The minimum Gasteiger partial charge on any atom is -0.493 e. The zero-order chi connectivity index (χ0) is 13.5. The lowest BCUT2D eigenvalue weighted by atomic mass is 10.1. The van der Waals surface area contributed by atoms with Gasteiger partial charge in [-0.05, 0) is 44.0 Å². The van der Waals surface area contributed by atoms with E-state index in [0.717, 1.165) is 16.9 Å². The minimum atomic E-state index is -0.944. The van der Waals surface area contributed by atoms with Gasteiger partial charge in [-0.15, -0.1) is 0 Å². The molecule has 100 valence electrons. The number of carboxylic acid groups (broad SMARTS) is 1. The second kappa shape index (κ2) is 7.01. The Kier molecular flexibility index (Phi) is 5.65. The predicted octanol–water partition coefficient (Wildman–Crippen LogP) is 2.56. The van der Waals surface area contributed by atoms with Crippen LogP contribution in [-0.2, 0) is 9.53 Å². The molecule has 0 amide bonds. The quantitative estimate of drug-likeness (QED) is 0.810. The van der Waals surface area contributed by atoms with Crippen LogP contribution in [-0.4, -0.2) is 30.4 Å². The van der Waals surface area contributed by atoms with E-state index >= 15 is 0 Å². The zero-order valence-electron chi connectivity index (χ0n) is 11.1. The Bertz CT molecular complexity index is 381. The number of carbonyl (C=O) groups is 1. The lowest BCUT2D eigenvalue weighted by Gasteiger charge is -2.13. The number of aliphatic carboxylic acids is 1. The van der Waals surface area contributed by atoms with Crippen molar-refractivity contribution < 1.29 is 19.4 Å². The van der Waals surface area contributed by atoms with Crippen molar-refractivity contribution in [2.75, 3.05) is 13.2 Å². The van der Waals surface area contributed by atoms with Crippen LogP contribution >= 0.6 is 0 Å². The smallest absolute Gasteiger partial charge is 0.332 e. The summed E-state index contributed by atoms with van der Waals surface area (Å²) in [5, 5.41) is 8.91. The fraction of sp³-hybridized carbons (Fsp3) is 0.500. The second-order valence-electron chi connectivity index (χ2n) is 4.24. The Morgan fingerprint density at radius 3 is 2.39 bits per heavy atom. The molecule has 0 saturated heterocycles. The normalized spacial score (nSPS) is 12.2. The van der Waals surface area contributed by atoms with Gasteiger partial charge in [0.2, 0.25) is 0 Å². The van der Waals surface area contributed by atoms with E-state index in [4.69, 9.17) is 14.6 Å². The van der Waals surface area contributed by atoms with Crippen LogP contribution in [0.25, 0.3) is 0 Å². The number of ether oxygens (including phenoxy) is 2. The number of benzene rings is 1. The molecule has 0 aromatic heterocycles. The van der Waals surface area contributed by atoms with Crippen molar-refractivity contribution in [3.8, 4) is 5.75 Å². The van der Waals surface area contributed by atoms with Crippen molar-refractivity contribution in [1.82, 2.24) is 0 Å². The Labute approximate surface area is 108 Å². The van der Waals surface area contributed by atoms with E-state index in [-0.39, 0.29) is 0 Å². The molecule has 4 heteroatoms. The molecular formula is C14H20O4. The Balaban J connectivity index is 2.47. The minimum absolute atomic E-state index is 0.333. The van der Waals surface area contributed by atoms with Gasteiger partial charge in [0, 0.05) is 13.0 Å². The third-order valence-electron chi connectivity index (χ3n) is 2.49. The summed E-state index contributed by atoms with van der Waals surface area (Å²) in [5.41, 5.74) is 2.26. The molecular weight excluding hydrogens is 232 g/mol. The number of hydrogen-bond acceptors (Lipinski definition) is 3. The van der Waals surface area contributed by atoms with E-state index in [1.54, 1.807) is 6.92 Å². The van der Waals surface area contributed by atoms with Crippen molar-refractivity contribution in [2.45, 2.75) is 33.3 Å². The summed E-state index contributed by atoms with van der Waals surface area (Å²) in [4.78, 5) is 10.9. The van der Waals surface area contributed by atoms with E-state index in [2.05, 4.69) is 6.07 Å². The van der Waals surface area contributed by atoms with Crippen molar-refractivity contribution in [1.29, 1.82) is 0 Å². The topological polar surface area (TPSA) is 55.8 Å².